The number of amides is 2. The number of sulfonamides is 1. The third-order valence-corrected chi connectivity index (χ3v) is 6.76. The normalized spacial score (nSPS) is 12.4. The Hall–Kier alpha value is -2.58. The molecule has 0 fully saturated rings. The Kier molecular flexibility index (Phi) is 9.53. The lowest BCUT2D eigenvalue weighted by molar-refractivity contribution is -0.139. The highest BCUT2D eigenvalue weighted by molar-refractivity contribution is 7.92. The maximum Gasteiger partial charge on any atom is 0.244 e. The van der Waals surface area contributed by atoms with Gasteiger partial charge in [0.2, 0.25) is 21.8 Å². The maximum atomic E-state index is 13.5. The number of halogens is 1. The second kappa shape index (κ2) is 11.7. The highest BCUT2D eigenvalue weighted by Crippen LogP contribution is 2.26. The average molecular weight is 508 g/mol. The van der Waals surface area contributed by atoms with Gasteiger partial charge in [0.1, 0.15) is 12.6 Å². The summed E-state index contributed by atoms with van der Waals surface area (Å²) in [4.78, 5) is 27.8. The number of carbonyl (C=O) groups excluding carboxylic acids is 2. The molecule has 0 heterocycles. The molecular formula is C25H34ClN3O4S. The molecule has 2 rings (SSSR count). The molecule has 2 aromatic rings. The molecule has 0 saturated heterocycles. The highest BCUT2D eigenvalue weighted by Gasteiger charge is 2.30. The molecule has 0 radical (unpaired) electrons. The minimum Gasteiger partial charge on any atom is -0.354 e. The number of carbonyl (C=O) groups is 2. The van der Waals surface area contributed by atoms with Crippen LogP contribution in [0.15, 0.2) is 42.5 Å². The number of aryl methyl sites for hydroxylation is 2. The van der Waals surface area contributed by atoms with E-state index in [4.69, 9.17) is 11.6 Å². The summed E-state index contributed by atoms with van der Waals surface area (Å²) in [7, 11) is -3.79. The van der Waals surface area contributed by atoms with Crippen LogP contribution in [0, 0.1) is 19.8 Å². The molecule has 0 unspecified atom stereocenters. The Morgan fingerprint density at radius 2 is 1.74 bits per heavy atom. The van der Waals surface area contributed by atoms with Crippen LogP contribution in [-0.2, 0) is 26.2 Å². The van der Waals surface area contributed by atoms with Gasteiger partial charge in [-0.2, -0.15) is 0 Å². The number of benzene rings is 2. The molecule has 1 atom stereocenters. The van der Waals surface area contributed by atoms with Gasteiger partial charge in [-0.25, -0.2) is 8.42 Å². The molecule has 186 valence electrons. The minimum atomic E-state index is -3.79. The molecule has 0 aliphatic carbocycles. The Labute approximate surface area is 208 Å². The van der Waals surface area contributed by atoms with Crippen molar-refractivity contribution in [2.24, 2.45) is 5.92 Å². The van der Waals surface area contributed by atoms with E-state index in [0.717, 1.165) is 21.7 Å². The van der Waals surface area contributed by atoms with Gasteiger partial charge >= 0.3 is 0 Å². The third-order valence-electron chi connectivity index (χ3n) is 5.39. The average Bonchev–Trinajstić information content (AvgIpc) is 2.73. The van der Waals surface area contributed by atoms with Crippen LogP contribution in [0.3, 0.4) is 0 Å². The summed E-state index contributed by atoms with van der Waals surface area (Å²) in [5, 5.41) is 3.34. The van der Waals surface area contributed by atoms with Crippen molar-refractivity contribution in [1.82, 2.24) is 10.2 Å². The van der Waals surface area contributed by atoms with E-state index < -0.39 is 28.5 Å². The van der Waals surface area contributed by atoms with Gasteiger partial charge in [0.25, 0.3) is 0 Å². The number of hydrogen-bond donors (Lipinski definition) is 1. The molecule has 0 bridgehead atoms. The first-order valence-electron chi connectivity index (χ1n) is 11.2. The van der Waals surface area contributed by atoms with Crippen LogP contribution < -0.4 is 9.62 Å². The second-order valence-electron chi connectivity index (χ2n) is 9.03. The lowest BCUT2D eigenvalue weighted by Gasteiger charge is -2.32. The van der Waals surface area contributed by atoms with Crippen LogP contribution in [0.1, 0.15) is 37.5 Å². The third kappa shape index (κ3) is 7.74. The first-order chi connectivity index (χ1) is 15.8. The SMILES string of the molecule is Cc1cccc(CN(C(=O)CN(c2ccc(Cl)cc2C)S(C)(=O)=O)[C@@H](C)C(=O)NCC(C)C)c1. The second-order valence-corrected chi connectivity index (χ2v) is 11.4. The summed E-state index contributed by atoms with van der Waals surface area (Å²) in [6, 6.07) is 11.7. The lowest BCUT2D eigenvalue weighted by atomic mass is 10.1. The van der Waals surface area contributed by atoms with Crippen molar-refractivity contribution in [3.05, 3.63) is 64.2 Å². The van der Waals surface area contributed by atoms with E-state index in [1.807, 2.05) is 45.0 Å². The topological polar surface area (TPSA) is 86.8 Å². The van der Waals surface area contributed by atoms with Gasteiger partial charge in [-0.05, 0) is 56.0 Å². The molecular weight excluding hydrogens is 474 g/mol. The van der Waals surface area contributed by atoms with Gasteiger partial charge in [-0.1, -0.05) is 55.3 Å². The lowest BCUT2D eigenvalue weighted by Crippen LogP contribution is -2.51. The zero-order chi connectivity index (χ0) is 25.6. The van der Waals surface area contributed by atoms with Crippen LogP contribution >= 0.6 is 11.6 Å². The Morgan fingerprint density at radius 3 is 2.29 bits per heavy atom. The fraction of sp³-hybridized carbons (Fsp3) is 0.440. The molecule has 0 aliphatic heterocycles. The van der Waals surface area contributed by atoms with Crippen LogP contribution in [0.25, 0.3) is 0 Å². The predicted octanol–water partition coefficient (Wildman–Crippen LogP) is 3.91. The smallest absolute Gasteiger partial charge is 0.244 e. The van der Waals surface area contributed by atoms with Crippen LogP contribution in [-0.4, -0.2) is 50.5 Å². The first kappa shape index (κ1) is 27.7. The van der Waals surface area contributed by atoms with Crippen molar-refractivity contribution >= 4 is 39.1 Å². The van der Waals surface area contributed by atoms with Crippen LogP contribution in [0.4, 0.5) is 5.69 Å². The van der Waals surface area contributed by atoms with Gasteiger partial charge in [0.15, 0.2) is 0 Å². The number of anilines is 1. The van der Waals surface area contributed by atoms with E-state index >= 15 is 0 Å². The number of rotatable bonds is 10. The molecule has 0 aliphatic rings. The monoisotopic (exact) mass is 507 g/mol. The van der Waals surface area contributed by atoms with Gasteiger partial charge in [0, 0.05) is 18.1 Å². The van der Waals surface area contributed by atoms with Crippen LogP contribution in [0.2, 0.25) is 5.02 Å². The molecule has 2 amide bonds. The fourth-order valence-electron chi connectivity index (χ4n) is 3.54. The summed E-state index contributed by atoms with van der Waals surface area (Å²) in [5.41, 5.74) is 2.87. The zero-order valence-electron chi connectivity index (χ0n) is 20.6. The first-order valence-corrected chi connectivity index (χ1v) is 13.4. The molecule has 1 N–H and O–H groups in total. The minimum absolute atomic E-state index is 0.175. The fourth-order valence-corrected chi connectivity index (χ4v) is 4.67. The summed E-state index contributed by atoms with van der Waals surface area (Å²) >= 11 is 6.04. The van der Waals surface area contributed by atoms with E-state index in [1.54, 1.807) is 32.0 Å². The Bertz CT molecular complexity index is 1130. The van der Waals surface area contributed by atoms with Gasteiger partial charge in [-0.3, -0.25) is 13.9 Å². The number of nitrogens with one attached hydrogen (secondary N) is 1. The summed E-state index contributed by atoms with van der Waals surface area (Å²) < 4.78 is 26.4. The van der Waals surface area contributed by atoms with Crippen molar-refractivity contribution < 1.29 is 18.0 Å². The van der Waals surface area contributed by atoms with Crippen LogP contribution in [0.5, 0.6) is 0 Å². The van der Waals surface area contributed by atoms with Crippen molar-refractivity contribution in [1.29, 1.82) is 0 Å². The van der Waals surface area contributed by atoms with E-state index in [0.29, 0.717) is 22.8 Å². The van der Waals surface area contributed by atoms with E-state index in [-0.39, 0.29) is 18.4 Å². The molecule has 0 spiro atoms. The summed E-state index contributed by atoms with van der Waals surface area (Å²) in [6.45, 7) is 9.53. The summed E-state index contributed by atoms with van der Waals surface area (Å²) in [6.07, 6.45) is 1.05. The molecule has 9 heteroatoms. The molecule has 7 nitrogen and oxygen atoms in total. The Morgan fingerprint density at radius 1 is 1.06 bits per heavy atom. The maximum absolute atomic E-state index is 13.5. The molecule has 0 aromatic heterocycles. The predicted molar refractivity (Wildman–Crippen MR) is 137 cm³/mol. The Balaban J connectivity index is 2.40. The van der Waals surface area contributed by atoms with Crippen molar-refractivity contribution in [3.63, 3.8) is 0 Å². The summed E-state index contributed by atoms with van der Waals surface area (Å²) in [5.74, 6) is -0.512. The van der Waals surface area contributed by atoms with E-state index in [9.17, 15) is 18.0 Å². The highest BCUT2D eigenvalue weighted by atomic mass is 35.5. The van der Waals surface area contributed by atoms with Crippen molar-refractivity contribution in [2.45, 2.75) is 47.2 Å². The zero-order valence-corrected chi connectivity index (χ0v) is 22.2. The molecule has 0 saturated carbocycles. The van der Waals surface area contributed by atoms with Gasteiger partial charge in [-0.15, -0.1) is 0 Å². The van der Waals surface area contributed by atoms with Gasteiger partial charge < -0.3 is 10.2 Å². The molecule has 2 aromatic carbocycles. The molecule has 34 heavy (non-hydrogen) atoms. The standard InChI is InChI=1S/C25H34ClN3O4S/c1-17(2)14-27-25(31)20(5)28(15-21-9-7-8-18(3)12-21)24(30)16-29(34(6,32)33)23-11-10-22(26)13-19(23)4/h7-13,17,20H,14-16H2,1-6H3,(H,27,31)/t20-/m0/s1. The van der Waals surface area contributed by atoms with E-state index in [1.165, 1.54) is 4.90 Å². The van der Waals surface area contributed by atoms with Gasteiger partial charge in [0.05, 0.1) is 11.9 Å². The van der Waals surface area contributed by atoms with Crippen molar-refractivity contribution in [3.8, 4) is 0 Å². The number of nitrogens with zero attached hydrogens (tertiary/aromatic N) is 2. The van der Waals surface area contributed by atoms with Crippen molar-refractivity contribution in [2.75, 3.05) is 23.7 Å². The quantitative estimate of drug-likeness (QED) is 0.528. The van der Waals surface area contributed by atoms with E-state index in [2.05, 4.69) is 5.32 Å². The number of hydrogen-bond acceptors (Lipinski definition) is 4. The largest absolute Gasteiger partial charge is 0.354 e.